The molecular formula is C22H36O4. The van der Waals surface area contributed by atoms with E-state index < -0.39 is 12.0 Å². The summed E-state index contributed by atoms with van der Waals surface area (Å²) in [5, 5.41) is 29.7. The number of carbonyl (C=O) groups excluding carboxylic acids is 1. The molecule has 148 valence electrons. The monoisotopic (exact) mass is 364 g/mol. The quantitative estimate of drug-likeness (QED) is 0.402. The van der Waals surface area contributed by atoms with E-state index >= 15 is 0 Å². The molecular weight excluding hydrogens is 328 g/mol. The Hall–Kier alpha value is -0.870. The Morgan fingerprint density at radius 2 is 1.69 bits per heavy atom. The number of hydrogen-bond donors (Lipinski definition) is 3. The van der Waals surface area contributed by atoms with Crippen LogP contribution in [-0.2, 0) is 4.79 Å². The highest BCUT2D eigenvalue weighted by Gasteiger charge is 2.44. The third-order valence-electron chi connectivity index (χ3n) is 7.19. The maximum atomic E-state index is 12.3. The lowest BCUT2D eigenvalue weighted by molar-refractivity contribution is -0.121. The summed E-state index contributed by atoms with van der Waals surface area (Å²) >= 11 is 0. The van der Waals surface area contributed by atoms with Gasteiger partial charge in [0.15, 0.2) is 0 Å². The van der Waals surface area contributed by atoms with Crippen molar-refractivity contribution in [1.82, 2.24) is 0 Å². The van der Waals surface area contributed by atoms with Crippen LogP contribution in [0, 0.1) is 29.6 Å². The second-order valence-corrected chi connectivity index (χ2v) is 8.95. The maximum absolute atomic E-state index is 12.3. The lowest BCUT2D eigenvalue weighted by Gasteiger charge is -2.29. The minimum atomic E-state index is -0.724. The average molecular weight is 365 g/mol. The third kappa shape index (κ3) is 4.69. The Morgan fingerprint density at radius 3 is 2.35 bits per heavy atom. The number of aliphatic hydroxyl groups is 3. The topological polar surface area (TPSA) is 77.8 Å². The van der Waals surface area contributed by atoms with Crippen LogP contribution >= 0.6 is 0 Å². The standard InChI is InChI=1S/C22H36O4/c23-11-5-3-1-2-4-6-18-20(25)14-21(26)22(18)19(24)10-7-15-12-16-8-9-17(16)13-15/h10,15-18,21-24,26H,1-9,11-14H2/b19-10+. The van der Waals surface area contributed by atoms with E-state index in [2.05, 4.69) is 0 Å². The first-order valence-electron chi connectivity index (χ1n) is 10.8. The molecule has 3 rings (SSSR count). The Balaban J connectivity index is 1.48. The van der Waals surface area contributed by atoms with Crippen molar-refractivity contribution in [3.63, 3.8) is 0 Å². The molecule has 0 heterocycles. The molecule has 4 heteroatoms. The van der Waals surface area contributed by atoms with Crippen LogP contribution in [0.3, 0.4) is 0 Å². The highest BCUT2D eigenvalue weighted by atomic mass is 16.3. The SMILES string of the molecule is O=C1CC(O)C(/C(O)=C\CC2CC3CCC3C2)C1CCCCCCCO. The number of ketones is 1. The molecule has 0 aliphatic heterocycles. The molecule has 0 bridgehead atoms. The van der Waals surface area contributed by atoms with Crippen molar-refractivity contribution in [3.05, 3.63) is 11.8 Å². The van der Waals surface area contributed by atoms with Crippen molar-refractivity contribution < 1.29 is 20.1 Å². The van der Waals surface area contributed by atoms with Crippen molar-refractivity contribution >= 4 is 5.78 Å². The Morgan fingerprint density at radius 1 is 1.04 bits per heavy atom. The lowest BCUT2D eigenvalue weighted by atomic mass is 9.77. The number of allylic oxidation sites excluding steroid dienone is 1. The second-order valence-electron chi connectivity index (χ2n) is 8.95. The average Bonchev–Trinajstić information content (AvgIpc) is 3.04. The fraction of sp³-hybridized carbons (Fsp3) is 0.864. The van der Waals surface area contributed by atoms with Crippen LogP contribution in [0.1, 0.15) is 77.0 Å². The zero-order valence-electron chi connectivity index (χ0n) is 16.0. The highest BCUT2D eigenvalue weighted by molar-refractivity contribution is 5.84. The molecule has 0 radical (unpaired) electrons. The van der Waals surface area contributed by atoms with Crippen molar-refractivity contribution in [1.29, 1.82) is 0 Å². The number of unbranched alkanes of at least 4 members (excludes halogenated alkanes) is 4. The van der Waals surface area contributed by atoms with Gasteiger partial charge in [0, 0.05) is 18.9 Å². The predicted octanol–water partition coefficient (Wildman–Crippen LogP) is 4.15. The lowest BCUT2D eigenvalue weighted by Crippen LogP contribution is -2.23. The van der Waals surface area contributed by atoms with Crippen molar-refractivity contribution in [3.8, 4) is 0 Å². The minimum absolute atomic E-state index is 0.108. The van der Waals surface area contributed by atoms with Gasteiger partial charge in [-0.2, -0.15) is 0 Å². The van der Waals surface area contributed by atoms with Gasteiger partial charge in [-0.3, -0.25) is 4.79 Å². The van der Waals surface area contributed by atoms with Crippen molar-refractivity contribution in [2.75, 3.05) is 6.61 Å². The zero-order chi connectivity index (χ0) is 18.5. The highest BCUT2D eigenvalue weighted by Crippen LogP contribution is 2.50. The third-order valence-corrected chi connectivity index (χ3v) is 7.19. The van der Waals surface area contributed by atoms with Gasteiger partial charge in [-0.1, -0.05) is 25.7 Å². The second kappa shape index (κ2) is 9.36. The molecule has 0 aromatic heterocycles. The largest absolute Gasteiger partial charge is 0.512 e. The summed E-state index contributed by atoms with van der Waals surface area (Å²) in [7, 11) is 0. The van der Waals surface area contributed by atoms with E-state index in [-0.39, 0.29) is 30.5 Å². The van der Waals surface area contributed by atoms with E-state index in [0.29, 0.717) is 5.92 Å². The minimum Gasteiger partial charge on any atom is -0.512 e. The zero-order valence-corrected chi connectivity index (χ0v) is 16.0. The van der Waals surface area contributed by atoms with E-state index in [0.717, 1.165) is 56.8 Å². The first-order chi connectivity index (χ1) is 12.6. The molecule has 3 aliphatic rings. The molecule has 0 amide bonds. The molecule has 3 fully saturated rings. The number of carbonyl (C=O) groups is 1. The molecule has 26 heavy (non-hydrogen) atoms. The van der Waals surface area contributed by atoms with Gasteiger partial charge in [0.1, 0.15) is 5.78 Å². The Bertz CT molecular complexity index is 488. The van der Waals surface area contributed by atoms with Crippen molar-refractivity contribution in [2.45, 2.75) is 83.2 Å². The van der Waals surface area contributed by atoms with Gasteiger partial charge in [0.25, 0.3) is 0 Å². The first kappa shape index (κ1) is 19.9. The summed E-state index contributed by atoms with van der Waals surface area (Å²) < 4.78 is 0. The van der Waals surface area contributed by atoms with E-state index in [1.54, 1.807) is 0 Å². The molecule has 5 atom stereocenters. The molecule has 3 aliphatic carbocycles. The molecule has 5 unspecified atom stereocenters. The molecule has 3 saturated carbocycles. The molecule has 0 spiro atoms. The normalized spacial score (nSPS) is 37.0. The summed E-state index contributed by atoms with van der Waals surface area (Å²) in [5.41, 5.74) is 0. The van der Waals surface area contributed by atoms with Gasteiger partial charge < -0.3 is 15.3 Å². The number of hydrogen-bond acceptors (Lipinski definition) is 4. The van der Waals surface area contributed by atoms with E-state index in [9.17, 15) is 15.0 Å². The number of Topliss-reactive ketones (excluding diaryl/α,β-unsaturated/α-hetero) is 1. The molecule has 0 aromatic carbocycles. The van der Waals surface area contributed by atoms with Gasteiger partial charge in [-0.25, -0.2) is 0 Å². The fourth-order valence-electron chi connectivity index (χ4n) is 5.53. The predicted molar refractivity (Wildman–Crippen MR) is 102 cm³/mol. The number of fused-ring (bicyclic) bond motifs is 1. The summed E-state index contributed by atoms with van der Waals surface area (Å²) in [5.74, 6) is 2.27. The number of aliphatic hydroxyl groups excluding tert-OH is 3. The number of rotatable bonds is 10. The van der Waals surface area contributed by atoms with Crippen LogP contribution in [-0.4, -0.2) is 33.8 Å². The van der Waals surface area contributed by atoms with Gasteiger partial charge in [0.2, 0.25) is 0 Å². The first-order valence-corrected chi connectivity index (χ1v) is 10.8. The van der Waals surface area contributed by atoms with Gasteiger partial charge in [-0.05, 0) is 68.8 Å². The van der Waals surface area contributed by atoms with Crippen LogP contribution in [0.2, 0.25) is 0 Å². The van der Waals surface area contributed by atoms with Crippen LogP contribution < -0.4 is 0 Å². The molecule has 0 saturated heterocycles. The van der Waals surface area contributed by atoms with Crippen LogP contribution in [0.25, 0.3) is 0 Å². The van der Waals surface area contributed by atoms with E-state index in [1.165, 1.54) is 25.7 Å². The van der Waals surface area contributed by atoms with E-state index in [4.69, 9.17) is 5.11 Å². The Kier molecular flexibility index (Phi) is 7.16. The molecule has 4 nitrogen and oxygen atoms in total. The Labute approximate surface area is 157 Å². The van der Waals surface area contributed by atoms with Crippen molar-refractivity contribution in [2.24, 2.45) is 29.6 Å². The van der Waals surface area contributed by atoms with E-state index in [1.807, 2.05) is 6.08 Å². The smallest absolute Gasteiger partial charge is 0.139 e. The molecule has 0 aromatic rings. The molecule has 3 N–H and O–H groups in total. The van der Waals surface area contributed by atoms with Crippen LogP contribution in [0.15, 0.2) is 11.8 Å². The van der Waals surface area contributed by atoms with Crippen LogP contribution in [0.5, 0.6) is 0 Å². The van der Waals surface area contributed by atoms with Gasteiger partial charge >= 0.3 is 0 Å². The summed E-state index contributed by atoms with van der Waals surface area (Å²) in [4.78, 5) is 12.3. The maximum Gasteiger partial charge on any atom is 0.139 e. The summed E-state index contributed by atoms with van der Waals surface area (Å²) in [6, 6.07) is 0. The summed E-state index contributed by atoms with van der Waals surface area (Å²) in [6.45, 7) is 0.247. The summed E-state index contributed by atoms with van der Waals surface area (Å²) in [6.07, 6.45) is 13.3. The van der Waals surface area contributed by atoms with Gasteiger partial charge in [-0.15, -0.1) is 0 Å². The van der Waals surface area contributed by atoms with Gasteiger partial charge in [0.05, 0.1) is 17.8 Å². The fourth-order valence-corrected chi connectivity index (χ4v) is 5.53. The van der Waals surface area contributed by atoms with Crippen LogP contribution in [0.4, 0.5) is 0 Å².